The third-order valence-corrected chi connectivity index (χ3v) is 6.00. The lowest BCUT2D eigenvalue weighted by Gasteiger charge is -2.62. The van der Waals surface area contributed by atoms with Crippen molar-refractivity contribution in [3.05, 3.63) is 0 Å². The summed E-state index contributed by atoms with van der Waals surface area (Å²) in [6.45, 7) is 9.17. The predicted molar refractivity (Wildman–Crippen MR) is 83.0 cm³/mol. The van der Waals surface area contributed by atoms with Gasteiger partial charge in [0.15, 0.2) is 0 Å². The van der Waals surface area contributed by atoms with Gasteiger partial charge >= 0.3 is 0 Å². The van der Waals surface area contributed by atoms with E-state index in [4.69, 9.17) is 4.74 Å². The molecule has 116 valence electrons. The largest absolute Gasteiger partial charge is 0.378 e. The van der Waals surface area contributed by atoms with Crippen LogP contribution in [0.25, 0.3) is 0 Å². The number of likely N-dealkylation sites (tertiary alicyclic amines) is 1. The van der Waals surface area contributed by atoms with Crippen LogP contribution in [0.1, 0.15) is 58.8 Å². The van der Waals surface area contributed by atoms with Crippen molar-refractivity contribution >= 4 is 0 Å². The first-order valence-electron chi connectivity index (χ1n) is 8.88. The summed E-state index contributed by atoms with van der Waals surface area (Å²) in [5.41, 5.74) is 0.524. The fraction of sp³-hybridized carbons (Fsp3) is 1.00. The molecule has 3 fully saturated rings. The summed E-state index contributed by atoms with van der Waals surface area (Å²) in [6, 6.07) is 1.50. The summed E-state index contributed by atoms with van der Waals surface area (Å²) in [4.78, 5) is 2.63. The van der Waals surface area contributed by atoms with Crippen LogP contribution in [0.15, 0.2) is 0 Å². The second-order valence-electron chi connectivity index (χ2n) is 7.10. The van der Waals surface area contributed by atoms with E-state index in [0.29, 0.717) is 11.5 Å². The van der Waals surface area contributed by atoms with Gasteiger partial charge < -0.3 is 15.0 Å². The van der Waals surface area contributed by atoms with Crippen molar-refractivity contribution in [3.8, 4) is 0 Å². The zero-order valence-electron chi connectivity index (χ0n) is 13.4. The highest BCUT2D eigenvalue weighted by Crippen LogP contribution is 2.57. The summed E-state index contributed by atoms with van der Waals surface area (Å²) in [6.07, 6.45) is 9.98. The average Bonchev–Trinajstić information content (AvgIpc) is 2.38. The first-order valence-corrected chi connectivity index (χ1v) is 8.88. The number of hydrogen-bond donors (Lipinski definition) is 1. The van der Waals surface area contributed by atoms with E-state index < -0.39 is 0 Å². The predicted octanol–water partition coefficient (Wildman–Crippen LogP) is 2.80. The summed E-state index contributed by atoms with van der Waals surface area (Å²) in [5.74, 6) is 0. The van der Waals surface area contributed by atoms with Crippen LogP contribution in [0.4, 0.5) is 0 Å². The monoisotopic (exact) mass is 280 g/mol. The SMILES string of the molecule is CCCN1CCC(N[C@@H]2C[C@@H](OCC)C23CCC3)CC1. The molecule has 3 rings (SSSR count). The minimum absolute atomic E-state index is 0.524. The lowest BCUT2D eigenvalue weighted by Crippen LogP contribution is -2.68. The molecule has 0 aromatic carbocycles. The van der Waals surface area contributed by atoms with Gasteiger partial charge in [-0.25, -0.2) is 0 Å². The molecule has 3 nitrogen and oxygen atoms in total. The fourth-order valence-corrected chi connectivity index (χ4v) is 4.60. The molecule has 1 spiro atoms. The summed E-state index contributed by atoms with van der Waals surface area (Å²) in [7, 11) is 0. The van der Waals surface area contributed by atoms with Crippen LogP contribution in [-0.2, 0) is 4.74 Å². The molecule has 0 unspecified atom stereocenters. The van der Waals surface area contributed by atoms with Gasteiger partial charge in [0.25, 0.3) is 0 Å². The number of rotatable bonds is 6. The van der Waals surface area contributed by atoms with Gasteiger partial charge in [-0.05, 0) is 65.1 Å². The Morgan fingerprint density at radius 1 is 1.20 bits per heavy atom. The highest BCUT2D eigenvalue weighted by Gasteiger charge is 2.58. The van der Waals surface area contributed by atoms with E-state index in [1.165, 1.54) is 64.6 Å². The number of nitrogens with one attached hydrogen (secondary N) is 1. The van der Waals surface area contributed by atoms with E-state index in [9.17, 15) is 0 Å². The van der Waals surface area contributed by atoms with E-state index in [1.807, 2.05) is 0 Å². The Labute approximate surface area is 124 Å². The molecule has 1 N–H and O–H groups in total. The van der Waals surface area contributed by atoms with E-state index in [2.05, 4.69) is 24.1 Å². The van der Waals surface area contributed by atoms with Crippen molar-refractivity contribution in [2.24, 2.45) is 5.41 Å². The minimum atomic E-state index is 0.524. The summed E-state index contributed by atoms with van der Waals surface area (Å²) >= 11 is 0. The van der Waals surface area contributed by atoms with Gasteiger partial charge in [-0.1, -0.05) is 13.3 Å². The molecule has 1 aliphatic heterocycles. The van der Waals surface area contributed by atoms with E-state index in [-0.39, 0.29) is 0 Å². The molecule has 2 atom stereocenters. The topological polar surface area (TPSA) is 24.5 Å². The minimum Gasteiger partial charge on any atom is -0.378 e. The molecule has 0 amide bonds. The van der Waals surface area contributed by atoms with Gasteiger partial charge in [0.05, 0.1) is 6.10 Å². The van der Waals surface area contributed by atoms with Crippen molar-refractivity contribution in [3.63, 3.8) is 0 Å². The van der Waals surface area contributed by atoms with Crippen LogP contribution < -0.4 is 5.32 Å². The zero-order chi connectivity index (χ0) is 14.0. The molecule has 2 saturated carbocycles. The van der Waals surface area contributed by atoms with Gasteiger partial charge in [-0.3, -0.25) is 0 Å². The molecule has 20 heavy (non-hydrogen) atoms. The normalized spacial score (nSPS) is 33.9. The Morgan fingerprint density at radius 3 is 2.50 bits per heavy atom. The van der Waals surface area contributed by atoms with Gasteiger partial charge in [0.2, 0.25) is 0 Å². The fourth-order valence-electron chi connectivity index (χ4n) is 4.60. The lowest BCUT2D eigenvalue weighted by atomic mass is 9.51. The Hall–Kier alpha value is -0.120. The standard InChI is InChI=1S/C17H32N2O/c1-3-10-19-11-6-14(7-12-19)18-15-13-16(20-4-2)17(15)8-5-9-17/h14-16,18H,3-13H2,1-2H3/t15-,16-/m1/s1. The van der Waals surface area contributed by atoms with Crippen molar-refractivity contribution < 1.29 is 4.74 Å². The first kappa shape index (κ1) is 14.8. The van der Waals surface area contributed by atoms with Crippen LogP contribution in [0.5, 0.6) is 0 Å². The smallest absolute Gasteiger partial charge is 0.0661 e. The van der Waals surface area contributed by atoms with E-state index in [1.54, 1.807) is 0 Å². The third-order valence-electron chi connectivity index (χ3n) is 6.00. The number of piperidine rings is 1. The average molecular weight is 280 g/mol. The number of hydrogen-bond acceptors (Lipinski definition) is 3. The van der Waals surface area contributed by atoms with Crippen LogP contribution in [0, 0.1) is 5.41 Å². The molecule has 2 aliphatic carbocycles. The zero-order valence-corrected chi connectivity index (χ0v) is 13.4. The molecule has 0 aromatic heterocycles. The van der Waals surface area contributed by atoms with Crippen LogP contribution >= 0.6 is 0 Å². The van der Waals surface area contributed by atoms with Crippen molar-refractivity contribution in [1.82, 2.24) is 10.2 Å². The van der Waals surface area contributed by atoms with Gasteiger partial charge in [0.1, 0.15) is 0 Å². The van der Waals surface area contributed by atoms with Gasteiger partial charge in [0, 0.05) is 24.1 Å². The summed E-state index contributed by atoms with van der Waals surface area (Å²) < 4.78 is 5.96. The highest BCUT2D eigenvalue weighted by molar-refractivity contribution is 5.12. The molecular weight excluding hydrogens is 248 g/mol. The van der Waals surface area contributed by atoms with Crippen LogP contribution in [0.3, 0.4) is 0 Å². The van der Waals surface area contributed by atoms with Crippen molar-refractivity contribution in [1.29, 1.82) is 0 Å². The molecule has 1 heterocycles. The highest BCUT2D eigenvalue weighted by atomic mass is 16.5. The van der Waals surface area contributed by atoms with Crippen LogP contribution in [-0.4, -0.2) is 49.3 Å². The number of nitrogens with zero attached hydrogens (tertiary/aromatic N) is 1. The molecule has 0 aromatic rings. The first-order chi connectivity index (χ1) is 9.78. The van der Waals surface area contributed by atoms with E-state index in [0.717, 1.165) is 18.7 Å². The second-order valence-corrected chi connectivity index (χ2v) is 7.10. The molecule has 1 saturated heterocycles. The maximum Gasteiger partial charge on any atom is 0.0661 e. The third kappa shape index (κ3) is 2.65. The second kappa shape index (κ2) is 6.33. The Bertz CT molecular complexity index is 308. The molecule has 0 bridgehead atoms. The lowest BCUT2D eigenvalue weighted by molar-refractivity contribution is -0.175. The quantitative estimate of drug-likeness (QED) is 0.810. The van der Waals surface area contributed by atoms with Crippen molar-refractivity contribution in [2.75, 3.05) is 26.2 Å². The Kier molecular flexibility index (Phi) is 4.68. The molecular formula is C17H32N2O. The van der Waals surface area contributed by atoms with Gasteiger partial charge in [-0.2, -0.15) is 0 Å². The summed E-state index contributed by atoms with van der Waals surface area (Å²) in [5, 5.41) is 3.99. The Balaban J connectivity index is 1.45. The Morgan fingerprint density at radius 2 is 1.95 bits per heavy atom. The van der Waals surface area contributed by atoms with E-state index >= 15 is 0 Å². The van der Waals surface area contributed by atoms with Crippen molar-refractivity contribution in [2.45, 2.75) is 77.0 Å². The number of ether oxygens (including phenoxy) is 1. The maximum atomic E-state index is 5.96. The maximum absolute atomic E-state index is 5.96. The molecule has 0 radical (unpaired) electrons. The molecule has 3 aliphatic rings. The van der Waals surface area contributed by atoms with Gasteiger partial charge in [-0.15, -0.1) is 0 Å². The van der Waals surface area contributed by atoms with Crippen LogP contribution in [0.2, 0.25) is 0 Å². The molecule has 3 heteroatoms.